The van der Waals surface area contributed by atoms with Gasteiger partial charge in [-0.2, -0.15) is 4.98 Å². The molecule has 0 spiro atoms. The SMILES string of the molecule is CCOC(=O)Cc1csc(NC(=O)c2ccccc2CSc2nc3nc(C)cc(C)n3n2)n1. The number of carbonyl (C=O) groups excluding carboxylic acids is 2. The average Bonchev–Trinajstić information content (AvgIpc) is 3.39. The summed E-state index contributed by atoms with van der Waals surface area (Å²) in [4.78, 5) is 37.8. The fourth-order valence-electron chi connectivity index (χ4n) is 3.19. The number of fused-ring (bicyclic) bond motifs is 1. The third kappa shape index (κ3) is 5.55. The van der Waals surface area contributed by atoms with E-state index in [1.165, 1.54) is 23.1 Å². The number of esters is 1. The Bertz CT molecular complexity index is 1320. The van der Waals surface area contributed by atoms with E-state index in [9.17, 15) is 9.59 Å². The molecule has 0 saturated carbocycles. The van der Waals surface area contributed by atoms with E-state index in [-0.39, 0.29) is 18.3 Å². The van der Waals surface area contributed by atoms with Gasteiger partial charge < -0.3 is 4.74 Å². The predicted octanol–water partition coefficient (Wildman–Crippen LogP) is 3.85. The summed E-state index contributed by atoms with van der Waals surface area (Å²) >= 11 is 2.71. The van der Waals surface area contributed by atoms with E-state index in [0.29, 0.717) is 39.7 Å². The van der Waals surface area contributed by atoms with Crippen LogP contribution in [0.4, 0.5) is 5.13 Å². The van der Waals surface area contributed by atoms with Gasteiger partial charge >= 0.3 is 5.97 Å². The van der Waals surface area contributed by atoms with Crippen LogP contribution >= 0.6 is 23.1 Å². The number of ether oxygens (including phenoxy) is 1. The lowest BCUT2D eigenvalue weighted by molar-refractivity contribution is -0.142. The second-order valence-electron chi connectivity index (χ2n) is 7.17. The van der Waals surface area contributed by atoms with E-state index >= 15 is 0 Å². The Labute approximate surface area is 198 Å². The minimum atomic E-state index is -0.343. The van der Waals surface area contributed by atoms with Crippen molar-refractivity contribution in [2.45, 2.75) is 38.1 Å². The highest BCUT2D eigenvalue weighted by atomic mass is 32.2. The van der Waals surface area contributed by atoms with Crippen LogP contribution in [0, 0.1) is 13.8 Å². The Kier molecular flexibility index (Phi) is 6.99. The van der Waals surface area contributed by atoms with Gasteiger partial charge in [0, 0.05) is 28.1 Å². The molecule has 4 aromatic rings. The van der Waals surface area contributed by atoms with Crippen molar-refractivity contribution in [3.8, 4) is 0 Å². The quantitative estimate of drug-likeness (QED) is 0.298. The molecule has 0 atom stereocenters. The van der Waals surface area contributed by atoms with Gasteiger partial charge in [-0.15, -0.1) is 16.4 Å². The van der Waals surface area contributed by atoms with Gasteiger partial charge in [0.1, 0.15) is 0 Å². The zero-order valence-electron chi connectivity index (χ0n) is 18.4. The third-order valence-electron chi connectivity index (χ3n) is 4.62. The average molecular weight is 483 g/mol. The summed E-state index contributed by atoms with van der Waals surface area (Å²) < 4.78 is 6.65. The predicted molar refractivity (Wildman–Crippen MR) is 127 cm³/mol. The number of carbonyl (C=O) groups is 2. The van der Waals surface area contributed by atoms with Crippen molar-refractivity contribution in [1.29, 1.82) is 0 Å². The van der Waals surface area contributed by atoms with Crippen LogP contribution in [-0.2, 0) is 21.7 Å². The van der Waals surface area contributed by atoms with Gasteiger partial charge in [0.05, 0.1) is 18.7 Å². The normalized spacial score (nSPS) is 11.0. The first kappa shape index (κ1) is 22.9. The Morgan fingerprint density at radius 1 is 1.18 bits per heavy atom. The number of amides is 1. The van der Waals surface area contributed by atoms with Crippen molar-refractivity contribution in [2.75, 3.05) is 11.9 Å². The minimum absolute atomic E-state index is 0.0767. The molecule has 3 heterocycles. The molecule has 170 valence electrons. The molecule has 3 aromatic heterocycles. The van der Waals surface area contributed by atoms with Gasteiger partial charge in [-0.1, -0.05) is 30.0 Å². The molecule has 1 N–H and O–H groups in total. The number of anilines is 1. The molecule has 0 radical (unpaired) electrons. The number of hydrogen-bond donors (Lipinski definition) is 1. The van der Waals surface area contributed by atoms with E-state index in [1.807, 2.05) is 38.1 Å². The largest absolute Gasteiger partial charge is 0.466 e. The first-order valence-electron chi connectivity index (χ1n) is 10.3. The first-order chi connectivity index (χ1) is 15.9. The number of benzene rings is 1. The number of thioether (sulfide) groups is 1. The number of thiazole rings is 1. The Hall–Kier alpha value is -3.31. The summed E-state index contributed by atoms with van der Waals surface area (Å²) in [6, 6.07) is 9.33. The smallest absolute Gasteiger partial charge is 0.311 e. The number of hydrogen-bond acceptors (Lipinski definition) is 9. The minimum Gasteiger partial charge on any atom is -0.466 e. The highest BCUT2D eigenvalue weighted by Crippen LogP contribution is 2.24. The maximum absolute atomic E-state index is 12.9. The van der Waals surface area contributed by atoms with Crippen molar-refractivity contribution in [3.63, 3.8) is 0 Å². The van der Waals surface area contributed by atoms with Crippen molar-refractivity contribution in [2.24, 2.45) is 0 Å². The fourth-order valence-corrected chi connectivity index (χ4v) is 4.72. The lowest BCUT2D eigenvalue weighted by Crippen LogP contribution is -2.14. The molecule has 1 amide bonds. The van der Waals surface area contributed by atoms with E-state index in [4.69, 9.17) is 4.74 Å². The first-order valence-corrected chi connectivity index (χ1v) is 12.1. The fraction of sp³-hybridized carbons (Fsp3) is 0.273. The molecular weight excluding hydrogens is 460 g/mol. The van der Waals surface area contributed by atoms with Crippen molar-refractivity contribution in [1.82, 2.24) is 24.6 Å². The zero-order valence-corrected chi connectivity index (χ0v) is 20.0. The summed E-state index contributed by atoms with van der Waals surface area (Å²) in [5, 5.41) is 10.1. The molecule has 1 aromatic carbocycles. The summed E-state index contributed by atoms with van der Waals surface area (Å²) in [5.41, 5.74) is 3.81. The molecule has 0 aliphatic carbocycles. The third-order valence-corrected chi connectivity index (χ3v) is 6.31. The van der Waals surface area contributed by atoms with Crippen molar-refractivity contribution in [3.05, 3.63) is 63.9 Å². The van der Waals surface area contributed by atoms with Crippen LogP contribution in [0.2, 0.25) is 0 Å². The van der Waals surface area contributed by atoms with Crippen molar-refractivity contribution < 1.29 is 14.3 Å². The van der Waals surface area contributed by atoms with Crippen LogP contribution in [0.15, 0.2) is 40.9 Å². The summed E-state index contributed by atoms with van der Waals surface area (Å²) in [6.07, 6.45) is 0.0767. The molecule has 0 aliphatic heterocycles. The highest BCUT2D eigenvalue weighted by molar-refractivity contribution is 7.98. The van der Waals surface area contributed by atoms with Crippen LogP contribution in [0.1, 0.15) is 39.9 Å². The van der Waals surface area contributed by atoms with Gasteiger partial charge in [-0.05, 0) is 38.5 Å². The molecule has 0 saturated heterocycles. The maximum Gasteiger partial charge on any atom is 0.311 e. The number of aromatic nitrogens is 5. The molecule has 4 rings (SSSR count). The van der Waals surface area contributed by atoms with E-state index in [2.05, 4.69) is 25.4 Å². The highest BCUT2D eigenvalue weighted by Gasteiger charge is 2.16. The topological polar surface area (TPSA) is 111 Å². The van der Waals surface area contributed by atoms with Crippen LogP contribution in [-0.4, -0.2) is 43.0 Å². The molecule has 11 heteroatoms. The zero-order chi connectivity index (χ0) is 23.4. The van der Waals surface area contributed by atoms with Gasteiger partial charge in [-0.3, -0.25) is 14.9 Å². The van der Waals surface area contributed by atoms with Gasteiger partial charge in [0.2, 0.25) is 5.16 Å². The Morgan fingerprint density at radius 2 is 2.00 bits per heavy atom. The van der Waals surface area contributed by atoms with E-state index in [1.54, 1.807) is 22.9 Å². The van der Waals surface area contributed by atoms with Gasteiger partial charge in [-0.25, -0.2) is 14.5 Å². The summed E-state index contributed by atoms with van der Waals surface area (Å²) in [7, 11) is 0. The van der Waals surface area contributed by atoms with Crippen molar-refractivity contribution >= 4 is 45.9 Å². The standard InChI is InChI=1S/C22H22N6O3S2/c1-4-31-18(29)10-16-12-33-21(24-16)25-19(30)17-8-6-5-7-15(17)11-32-22-26-20-23-13(2)9-14(3)28(20)27-22/h5-9,12H,4,10-11H2,1-3H3,(H,24,25,30). The van der Waals surface area contributed by atoms with Crippen LogP contribution in [0.3, 0.4) is 0 Å². The maximum atomic E-state index is 12.9. The second kappa shape index (κ2) is 10.1. The van der Waals surface area contributed by atoms with Crippen LogP contribution in [0.5, 0.6) is 0 Å². The van der Waals surface area contributed by atoms with Crippen LogP contribution < -0.4 is 5.32 Å². The number of nitrogens with zero attached hydrogens (tertiary/aromatic N) is 5. The number of rotatable bonds is 8. The van der Waals surface area contributed by atoms with Crippen LogP contribution in [0.25, 0.3) is 5.78 Å². The molecule has 0 unspecified atom stereocenters. The van der Waals surface area contributed by atoms with E-state index < -0.39 is 0 Å². The Balaban J connectivity index is 1.44. The lowest BCUT2D eigenvalue weighted by Gasteiger charge is -2.07. The number of aryl methyl sites for hydroxylation is 2. The number of nitrogens with one attached hydrogen (secondary N) is 1. The molecule has 0 aliphatic rings. The van der Waals surface area contributed by atoms with E-state index in [0.717, 1.165) is 17.0 Å². The molecule has 0 bridgehead atoms. The monoisotopic (exact) mass is 482 g/mol. The van der Waals surface area contributed by atoms with Gasteiger partial charge in [0.15, 0.2) is 5.13 Å². The molecule has 0 fully saturated rings. The summed E-state index contributed by atoms with van der Waals surface area (Å²) in [5.74, 6) is 0.469. The molecular formula is C22H22N6O3S2. The molecule has 9 nitrogen and oxygen atoms in total. The summed E-state index contributed by atoms with van der Waals surface area (Å²) in [6.45, 7) is 5.96. The van der Waals surface area contributed by atoms with Gasteiger partial charge in [0.25, 0.3) is 11.7 Å². The lowest BCUT2D eigenvalue weighted by atomic mass is 10.1. The molecule has 33 heavy (non-hydrogen) atoms. The Morgan fingerprint density at radius 3 is 2.82 bits per heavy atom. The second-order valence-corrected chi connectivity index (χ2v) is 8.97.